The van der Waals surface area contributed by atoms with E-state index in [2.05, 4.69) is 13.8 Å². The van der Waals surface area contributed by atoms with Gasteiger partial charge in [0, 0.05) is 12.0 Å². The van der Waals surface area contributed by atoms with E-state index in [0.29, 0.717) is 5.41 Å². The van der Waals surface area contributed by atoms with Crippen LogP contribution < -0.4 is 0 Å². The molecule has 0 amide bonds. The molecule has 1 aliphatic heterocycles. The molecule has 1 heterocycles. The highest BCUT2D eigenvalue weighted by atomic mass is 16.5. The van der Waals surface area contributed by atoms with Crippen molar-refractivity contribution in [1.82, 2.24) is 0 Å². The molecular weight excluding hydrogens is 164 g/mol. The van der Waals surface area contributed by atoms with E-state index in [1.165, 1.54) is 25.7 Å². The molecule has 0 N–H and O–H groups in total. The third kappa shape index (κ3) is 4.10. The molecule has 0 aromatic carbocycles. The fourth-order valence-electron chi connectivity index (χ4n) is 1.48. The fraction of sp³-hybridized carbons (Fsp3) is 1.00. The first kappa shape index (κ1) is 11.0. The van der Waals surface area contributed by atoms with Crippen molar-refractivity contribution in [3.8, 4) is 0 Å². The largest absolute Gasteiger partial charge is 0.381 e. The van der Waals surface area contributed by atoms with E-state index < -0.39 is 0 Å². The quantitative estimate of drug-likeness (QED) is 0.569. The number of unbranched alkanes of at least 4 members (excludes halogenated alkanes) is 3. The van der Waals surface area contributed by atoms with Crippen molar-refractivity contribution in [1.29, 1.82) is 0 Å². The molecule has 0 aromatic rings. The van der Waals surface area contributed by atoms with Crippen LogP contribution >= 0.6 is 0 Å². The van der Waals surface area contributed by atoms with E-state index in [-0.39, 0.29) is 0 Å². The molecule has 0 aromatic heterocycles. The van der Waals surface area contributed by atoms with Crippen molar-refractivity contribution >= 4 is 0 Å². The van der Waals surface area contributed by atoms with Crippen LogP contribution in [-0.2, 0) is 9.47 Å². The Labute approximate surface area is 81.6 Å². The summed E-state index contributed by atoms with van der Waals surface area (Å²) in [5.74, 6) is 0. The van der Waals surface area contributed by atoms with Gasteiger partial charge in [0.15, 0.2) is 0 Å². The third-order valence-corrected chi connectivity index (χ3v) is 2.49. The Morgan fingerprint density at radius 1 is 1.23 bits per heavy atom. The molecule has 0 aliphatic carbocycles. The van der Waals surface area contributed by atoms with Crippen LogP contribution in [0.25, 0.3) is 0 Å². The van der Waals surface area contributed by atoms with Crippen molar-refractivity contribution in [3.05, 3.63) is 0 Å². The summed E-state index contributed by atoms with van der Waals surface area (Å²) in [5.41, 5.74) is 0.324. The Kier molecular flexibility index (Phi) is 4.74. The van der Waals surface area contributed by atoms with Gasteiger partial charge in [0.1, 0.15) is 0 Å². The SMILES string of the molecule is CCCCCCOCC1(C)COC1. The summed E-state index contributed by atoms with van der Waals surface area (Å²) in [6.45, 7) is 8.01. The van der Waals surface area contributed by atoms with Crippen LogP contribution in [0.2, 0.25) is 0 Å². The van der Waals surface area contributed by atoms with E-state index in [0.717, 1.165) is 26.4 Å². The zero-order valence-corrected chi connectivity index (χ0v) is 8.97. The highest BCUT2D eigenvalue weighted by Gasteiger charge is 2.33. The minimum absolute atomic E-state index is 0.324. The van der Waals surface area contributed by atoms with Crippen LogP contribution in [-0.4, -0.2) is 26.4 Å². The van der Waals surface area contributed by atoms with Crippen LogP contribution in [0.5, 0.6) is 0 Å². The van der Waals surface area contributed by atoms with Crippen LogP contribution in [0.1, 0.15) is 39.5 Å². The Morgan fingerprint density at radius 2 is 2.00 bits per heavy atom. The van der Waals surface area contributed by atoms with Crippen LogP contribution in [0.3, 0.4) is 0 Å². The monoisotopic (exact) mass is 186 g/mol. The van der Waals surface area contributed by atoms with Crippen molar-refractivity contribution in [2.45, 2.75) is 39.5 Å². The molecule has 0 unspecified atom stereocenters. The smallest absolute Gasteiger partial charge is 0.0564 e. The number of ether oxygens (including phenoxy) is 2. The molecule has 78 valence electrons. The molecule has 1 saturated heterocycles. The minimum Gasteiger partial charge on any atom is -0.381 e. The lowest BCUT2D eigenvalue weighted by Crippen LogP contribution is -2.43. The number of rotatable bonds is 7. The second-order valence-electron chi connectivity index (χ2n) is 4.42. The Bertz CT molecular complexity index is 130. The number of hydrogen-bond acceptors (Lipinski definition) is 2. The molecule has 1 aliphatic rings. The molecule has 0 saturated carbocycles. The molecule has 0 bridgehead atoms. The van der Waals surface area contributed by atoms with Gasteiger partial charge in [0.2, 0.25) is 0 Å². The Balaban J connectivity index is 1.83. The van der Waals surface area contributed by atoms with E-state index in [4.69, 9.17) is 9.47 Å². The first-order valence-electron chi connectivity index (χ1n) is 5.42. The summed E-state index contributed by atoms with van der Waals surface area (Å²) < 4.78 is 10.8. The lowest BCUT2D eigenvalue weighted by atomic mass is 9.90. The van der Waals surface area contributed by atoms with Gasteiger partial charge in [-0.3, -0.25) is 0 Å². The average Bonchev–Trinajstić information content (AvgIpc) is 2.08. The lowest BCUT2D eigenvalue weighted by Gasteiger charge is -2.37. The second-order valence-corrected chi connectivity index (χ2v) is 4.42. The zero-order valence-electron chi connectivity index (χ0n) is 8.97. The van der Waals surface area contributed by atoms with Crippen molar-refractivity contribution in [3.63, 3.8) is 0 Å². The highest BCUT2D eigenvalue weighted by molar-refractivity contribution is 4.79. The predicted molar refractivity (Wildman–Crippen MR) is 53.9 cm³/mol. The molecule has 1 rings (SSSR count). The van der Waals surface area contributed by atoms with Crippen LogP contribution in [0, 0.1) is 5.41 Å². The van der Waals surface area contributed by atoms with Crippen molar-refractivity contribution in [2.24, 2.45) is 5.41 Å². The molecule has 0 radical (unpaired) electrons. The van der Waals surface area contributed by atoms with E-state index in [1.54, 1.807) is 0 Å². The van der Waals surface area contributed by atoms with Gasteiger partial charge in [-0.05, 0) is 6.42 Å². The minimum atomic E-state index is 0.324. The Hall–Kier alpha value is -0.0800. The highest BCUT2D eigenvalue weighted by Crippen LogP contribution is 2.26. The molecule has 0 spiro atoms. The van der Waals surface area contributed by atoms with Gasteiger partial charge in [-0.25, -0.2) is 0 Å². The van der Waals surface area contributed by atoms with Gasteiger partial charge in [0.25, 0.3) is 0 Å². The van der Waals surface area contributed by atoms with Gasteiger partial charge in [-0.2, -0.15) is 0 Å². The summed E-state index contributed by atoms with van der Waals surface area (Å²) in [6.07, 6.45) is 5.16. The summed E-state index contributed by atoms with van der Waals surface area (Å²) in [4.78, 5) is 0. The maximum atomic E-state index is 5.61. The summed E-state index contributed by atoms with van der Waals surface area (Å²) in [7, 11) is 0. The molecular formula is C11H22O2. The molecule has 2 heteroatoms. The topological polar surface area (TPSA) is 18.5 Å². The summed E-state index contributed by atoms with van der Waals surface area (Å²) in [5, 5.41) is 0. The Morgan fingerprint density at radius 3 is 2.54 bits per heavy atom. The molecule has 13 heavy (non-hydrogen) atoms. The first-order valence-corrected chi connectivity index (χ1v) is 5.42. The molecule has 0 atom stereocenters. The van der Waals surface area contributed by atoms with Gasteiger partial charge in [0.05, 0.1) is 19.8 Å². The van der Waals surface area contributed by atoms with E-state index >= 15 is 0 Å². The van der Waals surface area contributed by atoms with Crippen LogP contribution in [0.4, 0.5) is 0 Å². The zero-order chi connectivity index (χ0) is 9.57. The summed E-state index contributed by atoms with van der Waals surface area (Å²) in [6, 6.07) is 0. The van der Waals surface area contributed by atoms with Crippen LogP contribution in [0.15, 0.2) is 0 Å². The summed E-state index contributed by atoms with van der Waals surface area (Å²) >= 11 is 0. The number of hydrogen-bond donors (Lipinski definition) is 0. The average molecular weight is 186 g/mol. The van der Waals surface area contributed by atoms with E-state index in [1.807, 2.05) is 0 Å². The van der Waals surface area contributed by atoms with Gasteiger partial charge >= 0.3 is 0 Å². The van der Waals surface area contributed by atoms with Crippen molar-refractivity contribution in [2.75, 3.05) is 26.4 Å². The maximum Gasteiger partial charge on any atom is 0.0564 e. The predicted octanol–water partition coefficient (Wildman–Crippen LogP) is 2.62. The second kappa shape index (κ2) is 5.61. The first-order chi connectivity index (χ1) is 6.27. The standard InChI is InChI=1S/C11H22O2/c1-3-4-5-6-7-12-8-11(2)9-13-10-11/h3-10H2,1-2H3. The van der Waals surface area contributed by atoms with Crippen molar-refractivity contribution < 1.29 is 9.47 Å². The lowest BCUT2D eigenvalue weighted by molar-refractivity contribution is -0.137. The van der Waals surface area contributed by atoms with E-state index in [9.17, 15) is 0 Å². The molecule has 1 fully saturated rings. The maximum absolute atomic E-state index is 5.61. The fourth-order valence-corrected chi connectivity index (χ4v) is 1.48. The normalized spacial score (nSPS) is 19.8. The van der Waals surface area contributed by atoms with Gasteiger partial charge < -0.3 is 9.47 Å². The van der Waals surface area contributed by atoms with Gasteiger partial charge in [-0.1, -0.05) is 33.1 Å². The third-order valence-electron chi connectivity index (χ3n) is 2.49. The molecule has 2 nitrogen and oxygen atoms in total. The van der Waals surface area contributed by atoms with Gasteiger partial charge in [-0.15, -0.1) is 0 Å².